The molecule has 1 aliphatic rings. The Labute approximate surface area is 117 Å². The van der Waals surface area contributed by atoms with Gasteiger partial charge in [0.2, 0.25) is 0 Å². The van der Waals surface area contributed by atoms with Gasteiger partial charge in [0, 0.05) is 17.8 Å². The van der Waals surface area contributed by atoms with Crippen molar-refractivity contribution in [2.24, 2.45) is 5.92 Å². The van der Waals surface area contributed by atoms with Gasteiger partial charge in [0.15, 0.2) is 5.78 Å². The number of amides is 2. The van der Waals surface area contributed by atoms with Crippen LogP contribution in [0.4, 0.5) is 10.5 Å². The van der Waals surface area contributed by atoms with Crippen LogP contribution in [0.25, 0.3) is 0 Å². The van der Waals surface area contributed by atoms with Gasteiger partial charge in [-0.1, -0.05) is 12.1 Å². The summed E-state index contributed by atoms with van der Waals surface area (Å²) < 4.78 is 0. The molecule has 1 heterocycles. The number of thioether (sulfide) groups is 1. The molecule has 1 fully saturated rings. The number of rotatable bonds is 4. The van der Waals surface area contributed by atoms with Gasteiger partial charge in [-0.25, -0.2) is 4.79 Å². The van der Waals surface area contributed by atoms with Crippen LogP contribution in [-0.2, 0) is 0 Å². The highest BCUT2D eigenvalue weighted by Crippen LogP contribution is 2.22. The first-order valence-corrected chi connectivity index (χ1v) is 7.54. The van der Waals surface area contributed by atoms with Gasteiger partial charge in [-0.15, -0.1) is 0 Å². The highest BCUT2D eigenvalue weighted by atomic mass is 32.2. The van der Waals surface area contributed by atoms with Crippen molar-refractivity contribution in [2.75, 3.05) is 23.4 Å². The van der Waals surface area contributed by atoms with Crippen molar-refractivity contribution in [2.45, 2.75) is 13.3 Å². The van der Waals surface area contributed by atoms with Crippen LogP contribution < -0.4 is 10.6 Å². The molecule has 0 aromatic heterocycles. The Morgan fingerprint density at radius 3 is 2.95 bits per heavy atom. The molecule has 0 saturated carbocycles. The standard InChI is InChI=1S/C14H18N2O2S/c1-10(17)12-3-2-4-13(7-12)16-14(18)15-8-11-5-6-19-9-11/h2-4,7,11H,5-6,8-9H2,1H3,(H2,15,16,18). The Morgan fingerprint density at radius 1 is 1.42 bits per heavy atom. The van der Waals surface area contributed by atoms with E-state index in [2.05, 4.69) is 10.6 Å². The maximum atomic E-state index is 11.7. The van der Waals surface area contributed by atoms with Crippen molar-refractivity contribution in [3.8, 4) is 0 Å². The number of nitrogens with one attached hydrogen (secondary N) is 2. The number of hydrogen-bond donors (Lipinski definition) is 2. The molecular formula is C14H18N2O2S. The van der Waals surface area contributed by atoms with Gasteiger partial charge in [-0.3, -0.25) is 4.79 Å². The van der Waals surface area contributed by atoms with Crippen LogP contribution >= 0.6 is 11.8 Å². The first-order chi connectivity index (χ1) is 9.15. The Hall–Kier alpha value is -1.49. The average molecular weight is 278 g/mol. The number of hydrogen-bond acceptors (Lipinski definition) is 3. The molecule has 0 aliphatic carbocycles. The Balaban J connectivity index is 1.84. The number of ketones is 1. The average Bonchev–Trinajstić information content (AvgIpc) is 2.90. The summed E-state index contributed by atoms with van der Waals surface area (Å²) in [5.74, 6) is 2.89. The summed E-state index contributed by atoms with van der Waals surface area (Å²) in [6.45, 7) is 2.22. The van der Waals surface area contributed by atoms with E-state index in [4.69, 9.17) is 0 Å². The predicted octanol–water partition coefficient (Wildman–Crippen LogP) is 2.76. The molecule has 4 nitrogen and oxygen atoms in total. The van der Waals surface area contributed by atoms with Crippen molar-refractivity contribution in [3.05, 3.63) is 29.8 Å². The summed E-state index contributed by atoms with van der Waals surface area (Å²) in [5.41, 5.74) is 1.25. The molecule has 0 spiro atoms. The monoisotopic (exact) mass is 278 g/mol. The fourth-order valence-corrected chi connectivity index (χ4v) is 3.26. The smallest absolute Gasteiger partial charge is 0.319 e. The van der Waals surface area contributed by atoms with E-state index in [0.717, 1.165) is 5.75 Å². The lowest BCUT2D eigenvalue weighted by atomic mass is 10.1. The van der Waals surface area contributed by atoms with E-state index in [1.807, 2.05) is 11.8 Å². The molecule has 1 saturated heterocycles. The van der Waals surface area contributed by atoms with Gasteiger partial charge in [0.25, 0.3) is 0 Å². The molecule has 102 valence electrons. The summed E-state index contributed by atoms with van der Waals surface area (Å²) in [7, 11) is 0. The van der Waals surface area contributed by atoms with Gasteiger partial charge in [-0.05, 0) is 42.9 Å². The first-order valence-electron chi connectivity index (χ1n) is 6.39. The number of anilines is 1. The molecule has 1 aromatic rings. The Kier molecular flexibility index (Phi) is 4.85. The van der Waals surface area contributed by atoms with Gasteiger partial charge in [0.05, 0.1) is 0 Å². The molecule has 0 bridgehead atoms. The highest BCUT2D eigenvalue weighted by molar-refractivity contribution is 7.99. The number of carbonyl (C=O) groups excluding carboxylic acids is 2. The third-order valence-electron chi connectivity index (χ3n) is 3.10. The minimum Gasteiger partial charge on any atom is -0.338 e. The SMILES string of the molecule is CC(=O)c1cccc(NC(=O)NCC2CCSC2)c1. The molecule has 0 radical (unpaired) electrons. The van der Waals surface area contributed by atoms with Crippen LogP contribution in [0, 0.1) is 5.92 Å². The zero-order valence-corrected chi connectivity index (χ0v) is 11.8. The van der Waals surface area contributed by atoms with Crippen LogP contribution in [0.15, 0.2) is 24.3 Å². The van der Waals surface area contributed by atoms with Gasteiger partial charge in [0.1, 0.15) is 0 Å². The number of Topliss-reactive ketones (excluding diaryl/α,β-unsaturated/α-hetero) is 1. The normalized spacial score (nSPS) is 18.1. The fourth-order valence-electron chi connectivity index (χ4n) is 1.97. The minimum absolute atomic E-state index is 0.00737. The maximum absolute atomic E-state index is 11.7. The van der Waals surface area contributed by atoms with E-state index in [-0.39, 0.29) is 11.8 Å². The summed E-state index contributed by atoms with van der Waals surface area (Å²) in [5, 5.41) is 5.63. The van der Waals surface area contributed by atoms with Crippen LogP contribution in [0.3, 0.4) is 0 Å². The molecular weight excluding hydrogens is 260 g/mol. The molecule has 1 unspecified atom stereocenters. The first kappa shape index (κ1) is 13.9. The fraction of sp³-hybridized carbons (Fsp3) is 0.429. The largest absolute Gasteiger partial charge is 0.338 e. The van der Waals surface area contributed by atoms with Crippen molar-refractivity contribution in [3.63, 3.8) is 0 Å². The van der Waals surface area contributed by atoms with E-state index < -0.39 is 0 Å². The second-order valence-corrected chi connectivity index (χ2v) is 5.85. The molecule has 19 heavy (non-hydrogen) atoms. The molecule has 2 rings (SSSR count). The van der Waals surface area contributed by atoms with Gasteiger partial charge >= 0.3 is 6.03 Å². The van der Waals surface area contributed by atoms with Crippen molar-refractivity contribution < 1.29 is 9.59 Å². The highest BCUT2D eigenvalue weighted by Gasteiger charge is 2.16. The van der Waals surface area contributed by atoms with Crippen molar-refractivity contribution >= 4 is 29.3 Å². The summed E-state index contributed by atoms with van der Waals surface area (Å²) in [6, 6.07) is 6.75. The van der Waals surface area contributed by atoms with E-state index in [0.29, 0.717) is 23.7 Å². The number of carbonyl (C=O) groups is 2. The second kappa shape index (κ2) is 6.61. The lowest BCUT2D eigenvalue weighted by Gasteiger charge is -2.11. The summed E-state index contributed by atoms with van der Waals surface area (Å²) in [4.78, 5) is 23.0. The number of urea groups is 1. The third kappa shape index (κ3) is 4.28. The Morgan fingerprint density at radius 2 is 2.26 bits per heavy atom. The second-order valence-electron chi connectivity index (χ2n) is 4.70. The summed E-state index contributed by atoms with van der Waals surface area (Å²) in [6.07, 6.45) is 1.17. The van der Waals surface area contributed by atoms with E-state index in [1.54, 1.807) is 24.3 Å². The lowest BCUT2D eigenvalue weighted by molar-refractivity contribution is 0.101. The zero-order valence-electron chi connectivity index (χ0n) is 10.9. The molecule has 5 heteroatoms. The van der Waals surface area contributed by atoms with Crippen molar-refractivity contribution in [1.29, 1.82) is 0 Å². The van der Waals surface area contributed by atoms with E-state index in [9.17, 15) is 9.59 Å². The van der Waals surface area contributed by atoms with E-state index >= 15 is 0 Å². The minimum atomic E-state index is -0.211. The zero-order chi connectivity index (χ0) is 13.7. The Bertz CT molecular complexity index is 470. The lowest BCUT2D eigenvalue weighted by Crippen LogP contribution is -2.33. The predicted molar refractivity (Wildman–Crippen MR) is 78.9 cm³/mol. The number of benzene rings is 1. The molecule has 1 aromatic carbocycles. The van der Waals surface area contributed by atoms with E-state index in [1.165, 1.54) is 19.1 Å². The molecule has 1 atom stereocenters. The van der Waals surface area contributed by atoms with Crippen LogP contribution in [0.2, 0.25) is 0 Å². The molecule has 1 aliphatic heterocycles. The van der Waals surface area contributed by atoms with Crippen LogP contribution in [0.5, 0.6) is 0 Å². The topological polar surface area (TPSA) is 58.2 Å². The van der Waals surface area contributed by atoms with Gasteiger partial charge in [-0.2, -0.15) is 11.8 Å². The quantitative estimate of drug-likeness (QED) is 0.833. The van der Waals surface area contributed by atoms with Crippen LogP contribution in [-0.4, -0.2) is 29.9 Å². The molecule has 2 N–H and O–H groups in total. The maximum Gasteiger partial charge on any atom is 0.319 e. The molecule has 2 amide bonds. The van der Waals surface area contributed by atoms with Crippen molar-refractivity contribution in [1.82, 2.24) is 5.32 Å². The van der Waals surface area contributed by atoms with Gasteiger partial charge < -0.3 is 10.6 Å². The summed E-state index contributed by atoms with van der Waals surface area (Å²) >= 11 is 1.93. The van der Waals surface area contributed by atoms with Crippen LogP contribution in [0.1, 0.15) is 23.7 Å². The third-order valence-corrected chi connectivity index (χ3v) is 4.33.